The number of nitro groups is 1. The van der Waals surface area contributed by atoms with Crippen LogP contribution in [0, 0.1) is 10.1 Å². The molecule has 0 spiro atoms. The summed E-state index contributed by atoms with van der Waals surface area (Å²) in [5.74, 6) is -0.0878. The number of carbonyl (C=O) groups is 1. The number of halogens is 1. The van der Waals surface area contributed by atoms with E-state index >= 15 is 0 Å². The van der Waals surface area contributed by atoms with Crippen molar-refractivity contribution in [2.45, 2.75) is 0 Å². The summed E-state index contributed by atoms with van der Waals surface area (Å²) in [5.41, 5.74) is 1.18. The van der Waals surface area contributed by atoms with Crippen molar-refractivity contribution >= 4 is 56.0 Å². The predicted molar refractivity (Wildman–Crippen MR) is 102 cm³/mol. The zero-order valence-electron chi connectivity index (χ0n) is 13.4. The normalized spacial score (nSPS) is 11.0. The molecule has 0 saturated carbocycles. The number of non-ortho nitro benzene ring substituents is 1. The molecule has 9 heteroatoms. The summed E-state index contributed by atoms with van der Waals surface area (Å²) >= 11 is 6.94. The monoisotopic (exact) mass is 389 g/mol. The number of fused-ring (bicyclic) bond motifs is 1. The van der Waals surface area contributed by atoms with Crippen LogP contribution in [0.5, 0.6) is 5.75 Å². The molecule has 1 N–H and O–H groups in total. The number of hydrogen-bond donors (Lipinski definition) is 1. The van der Waals surface area contributed by atoms with Gasteiger partial charge in [0.05, 0.1) is 22.8 Å². The average Bonchev–Trinajstić information content (AvgIpc) is 3.02. The molecule has 2 aromatic carbocycles. The molecular formula is C17H12ClN3O4S. The number of nitrogens with one attached hydrogen (secondary N) is 1. The molecule has 1 heterocycles. The van der Waals surface area contributed by atoms with Crippen molar-refractivity contribution in [1.29, 1.82) is 0 Å². The lowest BCUT2D eigenvalue weighted by Crippen LogP contribution is -2.07. The first-order valence-corrected chi connectivity index (χ1v) is 8.53. The Bertz CT molecular complexity index is 1010. The van der Waals surface area contributed by atoms with Gasteiger partial charge in [-0.3, -0.25) is 20.2 Å². The van der Waals surface area contributed by atoms with E-state index in [0.29, 0.717) is 20.4 Å². The van der Waals surface area contributed by atoms with E-state index in [9.17, 15) is 14.9 Å². The van der Waals surface area contributed by atoms with Crippen molar-refractivity contribution in [3.63, 3.8) is 0 Å². The quantitative estimate of drug-likeness (QED) is 0.393. The van der Waals surface area contributed by atoms with Gasteiger partial charge in [-0.05, 0) is 23.8 Å². The molecular weight excluding hydrogens is 378 g/mol. The molecule has 132 valence electrons. The van der Waals surface area contributed by atoms with Crippen LogP contribution in [0.2, 0.25) is 5.02 Å². The number of nitro benzene ring substituents is 1. The third-order valence-corrected chi connectivity index (χ3v) is 4.57. The summed E-state index contributed by atoms with van der Waals surface area (Å²) in [6.45, 7) is 0. The van der Waals surface area contributed by atoms with Crippen LogP contribution >= 0.6 is 22.9 Å². The summed E-state index contributed by atoms with van der Waals surface area (Å²) in [4.78, 5) is 26.8. The number of anilines is 1. The molecule has 1 aromatic heterocycles. The fourth-order valence-electron chi connectivity index (χ4n) is 2.19. The fourth-order valence-corrected chi connectivity index (χ4v) is 3.24. The summed E-state index contributed by atoms with van der Waals surface area (Å²) < 4.78 is 5.70. The van der Waals surface area contributed by atoms with E-state index in [4.69, 9.17) is 16.3 Å². The fraction of sp³-hybridized carbons (Fsp3) is 0.0588. The summed E-state index contributed by atoms with van der Waals surface area (Å²) in [7, 11) is 1.41. The number of aromatic nitrogens is 1. The number of carbonyl (C=O) groups excluding carboxylic acids is 1. The number of thiazole rings is 1. The Kier molecular flexibility index (Phi) is 5.15. The van der Waals surface area contributed by atoms with Gasteiger partial charge in [0, 0.05) is 17.2 Å². The van der Waals surface area contributed by atoms with E-state index in [1.54, 1.807) is 30.3 Å². The van der Waals surface area contributed by atoms with E-state index < -0.39 is 4.92 Å². The molecule has 0 atom stereocenters. The largest absolute Gasteiger partial charge is 0.494 e. The first-order valence-electron chi connectivity index (χ1n) is 7.34. The number of benzene rings is 2. The molecule has 0 unspecified atom stereocenters. The van der Waals surface area contributed by atoms with Gasteiger partial charge < -0.3 is 4.74 Å². The van der Waals surface area contributed by atoms with Crippen molar-refractivity contribution in [2.75, 3.05) is 12.4 Å². The maximum absolute atomic E-state index is 12.1. The maximum Gasteiger partial charge on any atom is 0.274 e. The van der Waals surface area contributed by atoms with Crippen LogP contribution in [0.1, 0.15) is 5.56 Å². The summed E-state index contributed by atoms with van der Waals surface area (Å²) in [6, 6.07) is 9.72. The van der Waals surface area contributed by atoms with Gasteiger partial charge in [0.25, 0.3) is 5.69 Å². The van der Waals surface area contributed by atoms with E-state index in [0.717, 1.165) is 16.9 Å². The molecule has 0 radical (unpaired) electrons. The van der Waals surface area contributed by atoms with Crippen LogP contribution in [0.15, 0.2) is 42.5 Å². The van der Waals surface area contributed by atoms with Gasteiger partial charge in [-0.15, -0.1) is 0 Å². The lowest BCUT2D eigenvalue weighted by molar-refractivity contribution is -0.384. The molecule has 3 aromatic rings. The minimum atomic E-state index is -0.505. The smallest absolute Gasteiger partial charge is 0.274 e. The molecule has 0 aliphatic heterocycles. The molecule has 0 bridgehead atoms. The van der Waals surface area contributed by atoms with Crippen LogP contribution in [0.3, 0.4) is 0 Å². The van der Waals surface area contributed by atoms with Crippen molar-refractivity contribution in [3.05, 3.63) is 63.2 Å². The van der Waals surface area contributed by atoms with E-state index in [2.05, 4.69) is 10.3 Å². The Balaban J connectivity index is 1.81. The molecule has 0 aliphatic carbocycles. The highest BCUT2D eigenvalue weighted by Gasteiger charge is 2.16. The second-order valence-electron chi connectivity index (χ2n) is 5.15. The lowest BCUT2D eigenvalue weighted by Gasteiger charge is -2.00. The zero-order valence-corrected chi connectivity index (χ0v) is 15.0. The second-order valence-corrected chi connectivity index (χ2v) is 6.61. The molecule has 0 fully saturated rings. The van der Waals surface area contributed by atoms with Crippen molar-refractivity contribution in [2.24, 2.45) is 0 Å². The molecule has 3 rings (SSSR count). The molecule has 1 amide bonds. The van der Waals surface area contributed by atoms with E-state index in [1.165, 1.54) is 25.3 Å². The van der Waals surface area contributed by atoms with Gasteiger partial charge in [-0.2, -0.15) is 0 Å². The average molecular weight is 390 g/mol. The molecule has 7 nitrogen and oxygen atoms in total. The number of ether oxygens (including phenoxy) is 1. The van der Waals surface area contributed by atoms with Crippen LogP contribution in [-0.4, -0.2) is 22.9 Å². The van der Waals surface area contributed by atoms with E-state index in [-0.39, 0.29) is 17.3 Å². The highest BCUT2D eigenvalue weighted by Crippen LogP contribution is 2.36. The summed E-state index contributed by atoms with van der Waals surface area (Å²) in [6.07, 6.45) is 3.01. The van der Waals surface area contributed by atoms with Gasteiger partial charge in [-0.1, -0.05) is 35.1 Å². The van der Waals surface area contributed by atoms with Crippen molar-refractivity contribution in [3.8, 4) is 5.75 Å². The highest BCUT2D eigenvalue weighted by atomic mass is 35.5. The van der Waals surface area contributed by atoms with Gasteiger partial charge in [0.1, 0.15) is 5.52 Å². The topological polar surface area (TPSA) is 94.4 Å². The SMILES string of the molecule is COc1cc([N+](=O)[O-])cc2sc(NC(=O)/C=C/c3ccc(Cl)cc3)nc12. The molecule has 0 saturated heterocycles. The van der Waals surface area contributed by atoms with Crippen LogP contribution < -0.4 is 10.1 Å². The van der Waals surface area contributed by atoms with Gasteiger partial charge in [0.15, 0.2) is 10.9 Å². The maximum atomic E-state index is 12.1. The Hall–Kier alpha value is -2.97. The molecule has 0 aliphatic rings. The number of nitrogens with zero attached hydrogens (tertiary/aromatic N) is 2. The standard InChI is InChI=1S/C17H12ClN3O4S/c1-25-13-8-12(21(23)24)9-14-16(13)20-17(26-14)19-15(22)7-4-10-2-5-11(18)6-3-10/h2-9H,1H3,(H,19,20,22)/b7-4+. The van der Waals surface area contributed by atoms with E-state index in [1.807, 2.05) is 0 Å². The van der Waals surface area contributed by atoms with Crippen molar-refractivity contribution in [1.82, 2.24) is 4.98 Å². The Morgan fingerprint density at radius 2 is 2.08 bits per heavy atom. The van der Waals surface area contributed by atoms with Gasteiger partial charge in [-0.25, -0.2) is 4.98 Å². The number of hydrogen-bond acceptors (Lipinski definition) is 6. The third-order valence-electron chi connectivity index (χ3n) is 3.40. The Morgan fingerprint density at radius 1 is 1.35 bits per heavy atom. The highest BCUT2D eigenvalue weighted by molar-refractivity contribution is 7.22. The van der Waals surface area contributed by atoms with Gasteiger partial charge >= 0.3 is 0 Å². The minimum absolute atomic E-state index is 0.0986. The second kappa shape index (κ2) is 7.51. The first kappa shape index (κ1) is 17.8. The molecule has 26 heavy (non-hydrogen) atoms. The minimum Gasteiger partial charge on any atom is -0.494 e. The zero-order chi connectivity index (χ0) is 18.7. The predicted octanol–water partition coefficient (Wildman–Crippen LogP) is 4.52. The number of amides is 1. The first-order chi connectivity index (χ1) is 12.5. The third kappa shape index (κ3) is 3.98. The van der Waals surface area contributed by atoms with Crippen LogP contribution in [0.25, 0.3) is 16.3 Å². The number of rotatable bonds is 5. The van der Waals surface area contributed by atoms with Gasteiger partial charge in [0.2, 0.25) is 5.91 Å². The number of methoxy groups -OCH3 is 1. The lowest BCUT2D eigenvalue weighted by atomic mass is 10.2. The van der Waals surface area contributed by atoms with Crippen LogP contribution in [-0.2, 0) is 4.79 Å². The Morgan fingerprint density at radius 3 is 2.73 bits per heavy atom. The summed E-state index contributed by atoms with van der Waals surface area (Å²) in [5, 5.41) is 14.6. The van der Waals surface area contributed by atoms with Crippen LogP contribution in [0.4, 0.5) is 10.8 Å². The van der Waals surface area contributed by atoms with Crippen molar-refractivity contribution < 1.29 is 14.5 Å². The Labute approximate surface area is 157 Å².